The molecular formula is C27H32N2O7. The van der Waals surface area contributed by atoms with Gasteiger partial charge in [-0.1, -0.05) is 6.42 Å². The van der Waals surface area contributed by atoms with E-state index in [1.54, 1.807) is 27.9 Å². The number of hydrogen-bond acceptors (Lipinski definition) is 8. The summed E-state index contributed by atoms with van der Waals surface area (Å²) in [5.41, 5.74) is 0.164. The van der Waals surface area contributed by atoms with Crippen LogP contribution in [0.1, 0.15) is 74.8 Å². The Morgan fingerprint density at radius 2 is 1.94 bits per heavy atom. The molecule has 1 saturated heterocycles. The van der Waals surface area contributed by atoms with Crippen molar-refractivity contribution in [3.8, 4) is 11.5 Å². The van der Waals surface area contributed by atoms with Crippen molar-refractivity contribution in [1.29, 1.82) is 0 Å². The van der Waals surface area contributed by atoms with Gasteiger partial charge in [-0.15, -0.1) is 0 Å². The lowest BCUT2D eigenvalue weighted by molar-refractivity contribution is -0.145. The van der Waals surface area contributed by atoms with Crippen molar-refractivity contribution in [2.24, 2.45) is 0 Å². The quantitative estimate of drug-likeness (QED) is 0.576. The van der Waals surface area contributed by atoms with Crippen molar-refractivity contribution in [3.05, 3.63) is 29.5 Å². The number of ether oxygens (including phenoxy) is 4. The van der Waals surface area contributed by atoms with Crippen molar-refractivity contribution in [1.82, 2.24) is 9.88 Å². The van der Waals surface area contributed by atoms with E-state index in [0.29, 0.717) is 22.4 Å². The Hall–Kier alpha value is -3.36. The fraction of sp³-hybridized carbons (Fsp3) is 0.556. The molecule has 2 aliphatic heterocycles. The van der Waals surface area contributed by atoms with E-state index in [9.17, 15) is 14.4 Å². The van der Waals surface area contributed by atoms with Gasteiger partial charge in [-0.2, -0.15) is 0 Å². The first-order valence-corrected chi connectivity index (χ1v) is 12.4. The van der Waals surface area contributed by atoms with E-state index >= 15 is 0 Å². The number of likely N-dealkylation sites (tertiary alicyclic amines) is 1. The van der Waals surface area contributed by atoms with Crippen molar-refractivity contribution in [2.45, 2.75) is 76.0 Å². The molecule has 9 nitrogen and oxygen atoms in total. The largest absolute Gasteiger partial charge is 0.497 e. The molecule has 9 heteroatoms. The molecule has 0 bridgehead atoms. The second-order valence-electron chi connectivity index (χ2n) is 10.9. The number of hydrogen-bond donors (Lipinski definition) is 0. The maximum atomic E-state index is 13.8. The summed E-state index contributed by atoms with van der Waals surface area (Å²) in [4.78, 5) is 45.8. The average molecular weight is 497 g/mol. The van der Waals surface area contributed by atoms with Crippen LogP contribution in [0.3, 0.4) is 0 Å². The van der Waals surface area contributed by atoms with Gasteiger partial charge in [0.25, 0.3) is 0 Å². The van der Waals surface area contributed by atoms with Crippen LogP contribution in [0.2, 0.25) is 0 Å². The number of ketones is 1. The Morgan fingerprint density at radius 1 is 1.19 bits per heavy atom. The predicted octanol–water partition coefficient (Wildman–Crippen LogP) is 4.40. The molecule has 2 fully saturated rings. The highest BCUT2D eigenvalue weighted by molar-refractivity contribution is 6.11. The van der Waals surface area contributed by atoms with Crippen LogP contribution in [0, 0.1) is 0 Å². The SMILES string of the molecule is COC(=O)[C@@H]1C[C@@]2(CC(=O)c3c(c(C4CCC4)nc4ccc(OC)cc34)O2)CN1C(=O)OC(C)(C)C. The van der Waals surface area contributed by atoms with Gasteiger partial charge in [0.05, 0.1) is 44.0 Å². The zero-order valence-corrected chi connectivity index (χ0v) is 21.4. The van der Waals surface area contributed by atoms with Gasteiger partial charge < -0.3 is 18.9 Å². The first-order valence-electron chi connectivity index (χ1n) is 12.4. The van der Waals surface area contributed by atoms with Crippen molar-refractivity contribution < 1.29 is 33.3 Å². The molecule has 1 spiro atoms. The van der Waals surface area contributed by atoms with Crippen LogP contribution in [-0.2, 0) is 14.3 Å². The van der Waals surface area contributed by atoms with Gasteiger partial charge in [-0.3, -0.25) is 9.69 Å². The second-order valence-corrected chi connectivity index (χ2v) is 10.9. The molecule has 3 aliphatic rings. The van der Waals surface area contributed by atoms with Gasteiger partial charge in [0.1, 0.15) is 23.0 Å². The molecule has 36 heavy (non-hydrogen) atoms. The van der Waals surface area contributed by atoms with Gasteiger partial charge >= 0.3 is 12.1 Å². The standard InChI is InChI=1S/C27H32N2O7/c1-26(2,3)36-25(32)29-14-27(12-19(29)24(31)34-5)13-20(30)21-17-11-16(33-4)9-10-18(17)28-22(23(21)35-27)15-7-6-8-15/h9-11,15,19H,6-8,12-14H2,1-5H3/t19-,27+/m0/s1. The summed E-state index contributed by atoms with van der Waals surface area (Å²) < 4.78 is 22.6. The number of nitrogens with zero attached hydrogens (tertiary/aromatic N) is 2. The maximum Gasteiger partial charge on any atom is 0.411 e. The van der Waals surface area contributed by atoms with Crippen molar-refractivity contribution >= 4 is 28.7 Å². The number of benzene rings is 1. The Kier molecular flexibility index (Phi) is 5.84. The zero-order valence-electron chi connectivity index (χ0n) is 21.4. The molecule has 2 aromatic rings. The molecule has 192 valence electrons. The fourth-order valence-electron chi connectivity index (χ4n) is 5.35. The smallest absolute Gasteiger partial charge is 0.411 e. The van der Waals surface area contributed by atoms with Crippen molar-refractivity contribution in [2.75, 3.05) is 20.8 Å². The summed E-state index contributed by atoms with van der Waals surface area (Å²) in [5, 5.41) is 0.679. The van der Waals surface area contributed by atoms with E-state index in [4.69, 9.17) is 23.9 Å². The number of pyridine rings is 1. The molecule has 0 N–H and O–H groups in total. The van der Waals surface area contributed by atoms with Crippen molar-refractivity contribution in [3.63, 3.8) is 0 Å². The minimum absolute atomic E-state index is 0.0211. The molecule has 1 amide bonds. The second kappa shape index (κ2) is 8.64. The molecule has 5 rings (SSSR count). The lowest BCUT2D eigenvalue weighted by Crippen LogP contribution is -2.47. The third kappa shape index (κ3) is 4.14. The molecular weight excluding hydrogens is 464 g/mol. The Balaban J connectivity index is 1.59. The number of rotatable bonds is 3. The van der Waals surface area contributed by atoms with E-state index in [2.05, 4.69) is 0 Å². The van der Waals surface area contributed by atoms with Gasteiger partial charge in [-0.05, 0) is 51.8 Å². The van der Waals surface area contributed by atoms with Gasteiger partial charge in [0, 0.05) is 17.7 Å². The first-order chi connectivity index (χ1) is 17.0. The molecule has 0 radical (unpaired) electrons. The maximum absolute atomic E-state index is 13.8. The Labute approximate surface area is 210 Å². The summed E-state index contributed by atoms with van der Waals surface area (Å²) >= 11 is 0. The summed E-state index contributed by atoms with van der Waals surface area (Å²) in [6.45, 7) is 5.32. The first kappa shape index (κ1) is 24.3. The summed E-state index contributed by atoms with van der Waals surface area (Å²) in [6, 6.07) is 4.59. The monoisotopic (exact) mass is 496 g/mol. The summed E-state index contributed by atoms with van der Waals surface area (Å²) in [7, 11) is 2.86. The third-order valence-corrected chi connectivity index (χ3v) is 7.25. The van der Waals surface area contributed by atoms with Crippen LogP contribution in [0.5, 0.6) is 11.5 Å². The minimum atomic E-state index is -1.08. The molecule has 1 saturated carbocycles. The third-order valence-electron chi connectivity index (χ3n) is 7.25. The van der Waals surface area contributed by atoms with E-state index in [-0.39, 0.29) is 31.1 Å². The highest BCUT2D eigenvalue weighted by atomic mass is 16.6. The molecule has 3 heterocycles. The van der Waals surface area contributed by atoms with Crippen LogP contribution in [0.4, 0.5) is 4.79 Å². The van der Waals surface area contributed by atoms with Crippen LogP contribution in [0.15, 0.2) is 18.2 Å². The highest BCUT2D eigenvalue weighted by Gasteiger charge is 2.55. The molecule has 1 aliphatic carbocycles. The lowest BCUT2D eigenvalue weighted by Gasteiger charge is -2.38. The predicted molar refractivity (Wildman–Crippen MR) is 131 cm³/mol. The van der Waals surface area contributed by atoms with Gasteiger partial charge in [-0.25, -0.2) is 14.6 Å². The van der Waals surface area contributed by atoms with Crippen LogP contribution in [-0.4, -0.2) is 65.7 Å². The Bertz CT molecular complexity index is 1250. The van der Waals surface area contributed by atoms with E-state index in [1.165, 1.54) is 12.0 Å². The van der Waals surface area contributed by atoms with Crippen LogP contribution >= 0.6 is 0 Å². The highest BCUT2D eigenvalue weighted by Crippen LogP contribution is 2.49. The molecule has 1 aromatic carbocycles. The Morgan fingerprint density at radius 3 is 2.56 bits per heavy atom. The zero-order chi connectivity index (χ0) is 25.8. The number of methoxy groups -OCH3 is 2. The van der Waals surface area contributed by atoms with Gasteiger partial charge in [0.15, 0.2) is 11.5 Å². The molecule has 2 atom stereocenters. The molecule has 0 unspecified atom stereocenters. The van der Waals surface area contributed by atoms with Gasteiger partial charge in [0.2, 0.25) is 0 Å². The number of fused-ring (bicyclic) bond motifs is 3. The minimum Gasteiger partial charge on any atom is -0.497 e. The number of amides is 1. The van der Waals surface area contributed by atoms with Crippen LogP contribution < -0.4 is 9.47 Å². The topological polar surface area (TPSA) is 104 Å². The fourth-order valence-corrected chi connectivity index (χ4v) is 5.35. The number of Topliss-reactive ketones (excluding diaryl/α,β-unsaturated/α-hetero) is 1. The van der Waals surface area contributed by atoms with E-state index < -0.39 is 29.3 Å². The molecule has 1 aromatic heterocycles. The van der Waals surface area contributed by atoms with Crippen LogP contribution in [0.25, 0.3) is 10.9 Å². The average Bonchev–Trinajstić information content (AvgIpc) is 3.14. The summed E-state index contributed by atoms with van der Waals surface area (Å²) in [6.07, 6.45) is 2.55. The lowest BCUT2D eigenvalue weighted by atomic mass is 9.79. The number of esters is 1. The van der Waals surface area contributed by atoms with E-state index in [1.807, 2.05) is 18.2 Å². The summed E-state index contributed by atoms with van der Waals surface area (Å²) in [5.74, 6) is 0.616. The van der Waals surface area contributed by atoms with E-state index in [0.717, 1.165) is 30.5 Å². The number of aromatic nitrogens is 1. The number of carbonyl (C=O) groups is 3. The normalized spacial score (nSPS) is 23.8. The number of carbonyl (C=O) groups excluding carboxylic acids is 3.